The van der Waals surface area contributed by atoms with E-state index in [1.165, 1.54) is 4.90 Å². The van der Waals surface area contributed by atoms with Crippen LogP contribution in [0.4, 0.5) is 10.5 Å². The van der Waals surface area contributed by atoms with Crippen LogP contribution in [-0.4, -0.2) is 40.0 Å². The Morgan fingerprint density at radius 3 is 2.60 bits per heavy atom. The number of imide groups is 1. The zero-order valence-corrected chi connectivity index (χ0v) is 10.9. The number of hydrogen-bond donors (Lipinski definition) is 1. The Hall–Kier alpha value is -2.37. The highest BCUT2D eigenvalue weighted by Gasteiger charge is 2.54. The van der Waals surface area contributed by atoms with Crippen molar-refractivity contribution in [1.29, 1.82) is 0 Å². The summed E-state index contributed by atoms with van der Waals surface area (Å²) in [5.41, 5.74) is 1.34. The van der Waals surface area contributed by atoms with Gasteiger partial charge in [-0.2, -0.15) is 0 Å². The molecular formula is C14H14N2O4. The summed E-state index contributed by atoms with van der Waals surface area (Å²) in [7, 11) is 0. The molecule has 0 spiro atoms. The Labute approximate surface area is 115 Å². The summed E-state index contributed by atoms with van der Waals surface area (Å²) < 4.78 is 0. The summed E-state index contributed by atoms with van der Waals surface area (Å²) >= 11 is 0. The number of hydrogen-bond acceptors (Lipinski definition) is 3. The molecule has 3 amide bonds. The van der Waals surface area contributed by atoms with Crippen molar-refractivity contribution in [2.24, 2.45) is 0 Å². The molecule has 2 atom stereocenters. The number of benzene rings is 1. The van der Waals surface area contributed by atoms with Gasteiger partial charge < -0.3 is 5.11 Å². The van der Waals surface area contributed by atoms with E-state index >= 15 is 0 Å². The van der Waals surface area contributed by atoms with Crippen molar-refractivity contribution in [3.63, 3.8) is 0 Å². The average Bonchev–Trinajstić information content (AvgIpc) is 2.93. The van der Waals surface area contributed by atoms with E-state index in [1.807, 2.05) is 19.1 Å². The van der Waals surface area contributed by atoms with Crippen molar-refractivity contribution >= 4 is 23.6 Å². The van der Waals surface area contributed by atoms with Gasteiger partial charge in [0.05, 0.1) is 5.69 Å². The van der Waals surface area contributed by atoms with Gasteiger partial charge in [0.25, 0.3) is 5.91 Å². The van der Waals surface area contributed by atoms with Gasteiger partial charge in [-0.1, -0.05) is 18.2 Å². The van der Waals surface area contributed by atoms with Gasteiger partial charge in [0.2, 0.25) is 0 Å². The number of aryl methyl sites for hydroxylation is 1. The normalized spacial score (nSPS) is 25.2. The zero-order valence-electron chi connectivity index (χ0n) is 10.9. The number of carboxylic acids is 1. The highest BCUT2D eigenvalue weighted by molar-refractivity contribution is 6.22. The van der Waals surface area contributed by atoms with Crippen molar-refractivity contribution in [3.05, 3.63) is 29.8 Å². The van der Waals surface area contributed by atoms with E-state index in [0.717, 1.165) is 10.5 Å². The fourth-order valence-corrected chi connectivity index (χ4v) is 2.96. The van der Waals surface area contributed by atoms with Gasteiger partial charge in [0.15, 0.2) is 0 Å². The lowest BCUT2D eigenvalue weighted by Crippen LogP contribution is -2.42. The van der Waals surface area contributed by atoms with Crippen LogP contribution in [0.25, 0.3) is 0 Å². The van der Waals surface area contributed by atoms with Crippen molar-refractivity contribution in [3.8, 4) is 0 Å². The molecule has 2 fully saturated rings. The SMILES string of the molecule is Cc1ccccc1N1C(=O)[C@H]2CC[C@@H](C(=O)O)N2C1=O. The van der Waals surface area contributed by atoms with Crippen LogP contribution < -0.4 is 4.90 Å². The van der Waals surface area contributed by atoms with Crippen LogP contribution in [0.2, 0.25) is 0 Å². The molecule has 6 nitrogen and oxygen atoms in total. The van der Waals surface area contributed by atoms with Gasteiger partial charge in [0.1, 0.15) is 12.1 Å². The minimum atomic E-state index is -1.06. The maximum absolute atomic E-state index is 12.4. The Kier molecular flexibility index (Phi) is 2.74. The summed E-state index contributed by atoms with van der Waals surface area (Å²) in [4.78, 5) is 38.3. The number of nitrogens with zero attached hydrogens (tertiary/aromatic N) is 2. The molecule has 1 N–H and O–H groups in total. The summed E-state index contributed by atoms with van der Waals surface area (Å²) in [5, 5.41) is 9.15. The first-order valence-corrected chi connectivity index (χ1v) is 6.47. The topological polar surface area (TPSA) is 77.9 Å². The Bertz CT molecular complexity index is 613. The number of para-hydroxylation sites is 1. The Balaban J connectivity index is 2.01. The molecule has 1 aromatic rings. The monoisotopic (exact) mass is 274 g/mol. The Morgan fingerprint density at radius 1 is 1.25 bits per heavy atom. The molecule has 0 radical (unpaired) electrons. The second-order valence-electron chi connectivity index (χ2n) is 5.10. The molecule has 1 aromatic carbocycles. The van der Waals surface area contributed by atoms with Crippen LogP contribution in [0.5, 0.6) is 0 Å². The molecule has 3 rings (SSSR count). The summed E-state index contributed by atoms with van der Waals surface area (Å²) in [5.74, 6) is -1.38. The predicted molar refractivity (Wildman–Crippen MR) is 70.3 cm³/mol. The zero-order chi connectivity index (χ0) is 14.4. The molecule has 2 heterocycles. The molecule has 6 heteroatoms. The maximum Gasteiger partial charge on any atom is 0.332 e. The molecule has 0 aliphatic carbocycles. The largest absolute Gasteiger partial charge is 0.480 e. The van der Waals surface area contributed by atoms with Gasteiger partial charge in [-0.3, -0.25) is 9.69 Å². The first-order valence-electron chi connectivity index (χ1n) is 6.47. The van der Waals surface area contributed by atoms with Gasteiger partial charge >= 0.3 is 12.0 Å². The third-order valence-corrected chi connectivity index (χ3v) is 3.94. The number of carboxylic acid groups (broad SMARTS) is 1. The third-order valence-electron chi connectivity index (χ3n) is 3.94. The molecule has 0 unspecified atom stereocenters. The number of fused-ring (bicyclic) bond motifs is 1. The van der Waals surface area contributed by atoms with Crippen LogP contribution in [0.15, 0.2) is 24.3 Å². The summed E-state index contributed by atoms with van der Waals surface area (Å²) in [6, 6.07) is 5.02. The lowest BCUT2D eigenvalue weighted by Gasteiger charge is -2.20. The maximum atomic E-state index is 12.4. The quantitative estimate of drug-likeness (QED) is 0.826. The van der Waals surface area contributed by atoms with Crippen molar-refractivity contribution < 1.29 is 19.5 Å². The molecule has 2 aliphatic rings. The van der Waals surface area contributed by atoms with Crippen molar-refractivity contribution in [2.75, 3.05) is 4.90 Å². The number of aliphatic carboxylic acids is 1. The van der Waals surface area contributed by atoms with E-state index in [4.69, 9.17) is 5.11 Å². The van der Waals surface area contributed by atoms with E-state index < -0.39 is 24.1 Å². The van der Waals surface area contributed by atoms with Crippen LogP contribution >= 0.6 is 0 Å². The highest BCUT2D eigenvalue weighted by atomic mass is 16.4. The minimum Gasteiger partial charge on any atom is -0.480 e. The molecule has 104 valence electrons. The standard InChI is InChI=1S/C14H14N2O4/c1-8-4-2-3-5-9(8)16-12(17)10-6-7-11(13(18)19)15(10)14(16)20/h2-5,10-11H,6-7H2,1H3,(H,18,19)/t10-,11+/m1/s1. The molecule has 2 saturated heterocycles. The lowest BCUT2D eigenvalue weighted by atomic mass is 10.1. The van der Waals surface area contributed by atoms with E-state index in [1.54, 1.807) is 12.1 Å². The van der Waals surface area contributed by atoms with Crippen LogP contribution in [0, 0.1) is 6.92 Å². The third kappa shape index (κ3) is 1.61. The van der Waals surface area contributed by atoms with Gasteiger partial charge in [0, 0.05) is 0 Å². The molecule has 0 aromatic heterocycles. The van der Waals surface area contributed by atoms with Gasteiger partial charge in [-0.05, 0) is 31.4 Å². The molecule has 0 bridgehead atoms. The first-order chi connectivity index (χ1) is 9.52. The Morgan fingerprint density at radius 2 is 1.95 bits per heavy atom. The number of urea groups is 1. The fraction of sp³-hybridized carbons (Fsp3) is 0.357. The molecule has 0 saturated carbocycles. The lowest BCUT2D eigenvalue weighted by molar-refractivity contribution is -0.141. The highest BCUT2D eigenvalue weighted by Crippen LogP contribution is 2.36. The smallest absolute Gasteiger partial charge is 0.332 e. The molecule has 2 aliphatic heterocycles. The van der Waals surface area contributed by atoms with Crippen LogP contribution in [-0.2, 0) is 9.59 Å². The first kappa shape index (κ1) is 12.7. The second kappa shape index (κ2) is 4.33. The average molecular weight is 274 g/mol. The number of anilines is 1. The summed E-state index contributed by atoms with van der Waals surface area (Å²) in [6.07, 6.45) is 0.739. The van der Waals surface area contributed by atoms with Gasteiger partial charge in [-0.15, -0.1) is 0 Å². The van der Waals surface area contributed by atoms with E-state index in [9.17, 15) is 14.4 Å². The van der Waals surface area contributed by atoms with Crippen molar-refractivity contribution in [2.45, 2.75) is 31.8 Å². The summed E-state index contributed by atoms with van der Waals surface area (Å²) in [6.45, 7) is 1.81. The van der Waals surface area contributed by atoms with Crippen LogP contribution in [0.3, 0.4) is 0 Å². The van der Waals surface area contributed by atoms with Gasteiger partial charge in [-0.25, -0.2) is 14.5 Å². The second-order valence-corrected chi connectivity index (χ2v) is 5.10. The van der Waals surface area contributed by atoms with E-state index in [-0.39, 0.29) is 5.91 Å². The van der Waals surface area contributed by atoms with E-state index in [2.05, 4.69) is 0 Å². The predicted octanol–water partition coefficient (Wildman–Crippen LogP) is 1.38. The van der Waals surface area contributed by atoms with E-state index in [0.29, 0.717) is 18.5 Å². The number of amides is 3. The number of carbonyl (C=O) groups excluding carboxylic acids is 2. The number of carbonyl (C=O) groups is 3. The van der Waals surface area contributed by atoms with Crippen LogP contribution in [0.1, 0.15) is 18.4 Å². The molecular weight excluding hydrogens is 260 g/mol. The van der Waals surface area contributed by atoms with Crippen molar-refractivity contribution in [1.82, 2.24) is 4.90 Å². The molecule has 20 heavy (non-hydrogen) atoms. The fourth-order valence-electron chi connectivity index (χ4n) is 2.96. The minimum absolute atomic E-state index is 0.326. The number of rotatable bonds is 2.